The van der Waals surface area contributed by atoms with Gasteiger partial charge < -0.3 is 14.8 Å². The van der Waals surface area contributed by atoms with Crippen LogP contribution in [-0.2, 0) is 4.84 Å². The van der Waals surface area contributed by atoms with Gasteiger partial charge in [0.15, 0.2) is 0 Å². The minimum Gasteiger partial charge on any atom is -0.394 e. The zero-order valence-electron chi connectivity index (χ0n) is 20.0. The number of hydrogen-bond donors (Lipinski definition) is 1. The SMILES string of the molecule is CCN(CC)CCO/N=C1/C=C2CCC3C(CC[C@@]4(C)C3CC[C@]4(C)O)[C@@]2(C)CC1. The van der Waals surface area contributed by atoms with Crippen molar-refractivity contribution in [2.75, 3.05) is 26.2 Å². The molecule has 0 saturated heterocycles. The highest BCUT2D eigenvalue weighted by molar-refractivity contribution is 5.96. The van der Waals surface area contributed by atoms with Crippen LogP contribution in [0, 0.1) is 28.6 Å². The molecule has 0 bridgehead atoms. The molecule has 0 heterocycles. The Bertz CT molecular complexity index is 695. The summed E-state index contributed by atoms with van der Waals surface area (Å²) in [6.07, 6.45) is 11.8. The number of fused-ring (bicyclic) bond motifs is 5. The van der Waals surface area contributed by atoms with Crippen LogP contribution in [0.2, 0.25) is 0 Å². The normalized spacial score (nSPS) is 44.4. The Hall–Kier alpha value is -0.870. The molecule has 0 amide bonds. The molecule has 4 aliphatic rings. The second-order valence-corrected chi connectivity index (χ2v) is 11.2. The number of allylic oxidation sites excluding steroid dienone is 2. The van der Waals surface area contributed by atoms with E-state index in [0.29, 0.717) is 17.9 Å². The fourth-order valence-electron chi connectivity index (χ4n) is 7.72. The quantitative estimate of drug-likeness (QED) is 0.465. The average molecular weight is 417 g/mol. The van der Waals surface area contributed by atoms with Crippen LogP contribution in [0.15, 0.2) is 16.8 Å². The van der Waals surface area contributed by atoms with Crippen LogP contribution in [0.25, 0.3) is 0 Å². The molecule has 30 heavy (non-hydrogen) atoms. The van der Waals surface area contributed by atoms with Gasteiger partial charge in [-0.15, -0.1) is 0 Å². The van der Waals surface area contributed by atoms with Gasteiger partial charge in [0.05, 0.1) is 11.3 Å². The number of aliphatic hydroxyl groups is 1. The third-order valence-corrected chi connectivity index (χ3v) is 10.1. The van der Waals surface area contributed by atoms with Gasteiger partial charge >= 0.3 is 0 Å². The highest BCUT2D eigenvalue weighted by Gasteiger charge is 2.62. The molecular formula is C26H44N2O2. The summed E-state index contributed by atoms with van der Waals surface area (Å²) in [5.74, 6) is 2.25. The molecule has 3 saturated carbocycles. The lowest BCUT2D eigenvalue weighted by atomic mass is 9.46. The molecule has 3 unspecified atom stereocenters. The Kier molecular flexibility index (Phi) is 6.13. The highest BCUT2D eigenvalue weighted by Crippen LogP contribution is 2.67. The fourth-order valence-corrected chi connectivity index (χ4v) is 7.72. The summed E-state index contributed by atoms with van der Waals surface area (Å²) in [5.41, 5.74) is 2.72. The molecule has 6 atom stereocenters. The molecule has 0 aromatic heterocycles. The summed E-state index contributed by atoms with van der Waals surface area (Å²) >= 11 is 0. The smallest absolute Gasteiger partial charge is 0.129 e. The number of nitrogens with zero attached hydrogens (tertiary/aromatic N) is 2. The number of oxime groups is 1. The van der Waals surface area contributed by atoms with Gasteiger partial charge in [0.2, 0.25) is 0 Å². The van der Waals surface area contributed by atoms with Crippen molar-refractivity contribution in [3.8, 4) is 0 Å². The Morgan fingerprint density at radius 1 is 1.03 bits per heavy atom. The Morgan fingerprint density at radius 2 is 1.77 bits per heavy atom. The van der Waals surface area contributed by atoms with Gasteiger partial charge in [0.25, 0.3) is 0 Å². The van der Waals surface area contributed by atoms with E-state index in [2.05, 4.69) is 50.8 Å². The molecule has 1 N–H and O–H groups in total. The van der Waals surface area contributed by atoms with Crippen LogP contribution < -0.4 is 0 Å². The molecule has 3 fully saturated rings. The van der Waals surface area contributed by atoms with E-state index in [1.54, 1.807) is 5.57 Å². The lowest BCUT2D eigenvalue weighted by molar-refractivity contribution is -0.117. The maximum atomic E-state index is 11.1. The van der Waals surface area contributed by atoms with Crippen molar-refractivity contribution >= 4 is 5.71 Å². The fraction of sp³-hybridized carbons (Fsp3) is 0.885. The van der Waals surface area contributed by atoms with Crippen molar-refractivity contribution in [1.29, 1.82) is 0 Å². The van der Waals surface area contributed by atoms with Gasteiger partial charge in [0.1, 0.15) is 6.61 Å². The number of likely N-dealkylation sites (N-methyl/N-ethyl adjacent to an activating group) is 1. The maximum Gasteiger partial charge on any atom is 0.129 e. The monoisotopic (exact) mass is 416 g/mol. The Morgan fingerprint density at radius 3 is 2.50 bits per heavy atom. The van der Waals surface area contributed by atoms with Crippen molar-refractivity contribution in [3.05, 3.63) is 11.6 Å². The van der Waals surface area contributed by atoms with Crippen molar-refractivity contribution in [3.63, 3.8) is 0 Å². The summed E-state index contributed by atoms with van der Waals surface area (Å²) in [4.78, 5) is 8.06. The first-order valence-electron chi connectivity index (χ1n) is 12.6. The van der Waals surface area contributed by atoms with E-state index in [1.807, 2.05) is 0 Å². The van der Waals surface area contributed by atoms with E-state index >= 15 is 0 Å². The van der Waals surface area contributed by atoms with E-state index in [9.17, 15) is 5.11 Å². The topological polar surface area (TPSA) is 45.1 Å². The lowest BCUT2D eigenvalue weighted by Gasteiger charge is -2.59. The van der Waals surface area contributed by atoms with Crippen LogP contribution in [0.1, 0.15) is 86.0 Å². The molecule has 170 valence electrons. The highest BCUT2D eigenvalue weighted by atomic mass is 16.6. The first-order valence-corrected chi connectivity index (χ1v) is 12.6. The maximum absolute atomic E-state index is 11.1. The van der Waals surface area contributed by atoms with Crippen LogP contribution >= 0.6 is 0 Å². The van der Waals surface area contributed by atoms with E-state index in [0.717, 1.165) is 50.0 Å². The van der Waals surface area contributed by atoms with E-state index in [4.69, 9.17) is 4.84 Å². The van der Waals surface area contributed by atoms with Gasteiger partial charge in [-0.3, -0.25) is 0 Å². The molecule has 0 radical (unpaired) electrons. The molecule has 0 aromatic rings. The Balaban J connectivity index is 1.44. The summed E-state index contributed by atoms with van der Waals surface area (Å²) in [6.45, 7) is 15.2. The second-order valence-electron chi connectivity index (χ2n) is 11.2. The lowest BCUT2D eigenvalue weighted by Crippen LogP contribution is -2.53. The second kappa shape index (κ2) is 8.24. The average Bonchev–Trinajstić information content (AvgIpc) is 2.97. The predicted octanol–water partition coefficient (Wildman–Crippen LogP) is 5.41. The Labute approximate surface area is 184 Å². The van der Waals surface area contributed by atoms with E-state index < -0.39 is 5.60 Å². The zero-order valence-corrected chi connectivity index (χ0v) is 20.0. The van der Waals surface area contributed by atoms with Crippen molar-refractivity contribution in [2.24, 2.45) is 33.7 Å². The van der Waals surface area contributed by atoms with Crippen LogP contribution in [0.4, 0.5) is 0 Å². The zero-order chi connectivity index (χ0) is 21.6. The minimum absolute atomic E-state index is 0.117. The minimum atomic E-state index is -0.478. The van der Waals surface area contributed by atoms with Gasteiger partial charge in [-0.05, 0) is 106 Å². The van der Waals surface area contributed by atoms with Crippen LogP contribution in [0.3, 0.4) is 0 Å². The summed E-state index contributed by atoms with van der Waals surface area (Å²) in [6, 6.07) is 0. The molecular weight excluding hydrogens is 372 g/mol. The number of rotatable bonds is 6. The van der Waals surface area contributed by atoms with Gasteiger partial charge in [0, 0.05) is 6.54 Å². The summed E-state index contributed by atoms with van der Waals surface area (Å²) in [7, 11) is 0. The van der Waals surface area contributed by atoms with E-state index in [1.165, 1.54) is 38.5 Å². The predicted molar refractivity (Wildman–Crippen MR) is 124 cm³/mol. The standard InChI is InChI=1S/C26H44N2O2/c1-6-28(7-2)16-17-30-27-20-10-13-24(3)19(18-20)8-9-21-22(24)11-14-25(4)23(21)12-15-26(25,5)29/h18,21-23,29H,6-17H2,1-5H3/b27-20+/t21?,22?,23?,24-,25-,26-/m0/s1. The summed E-state index contributed by atoms with van der Waals surface area (Å²) < 4.78 is 0. The molecule has 4 rings (SSSR count). The van der Waals surface area contributed by atoms with E-state index in [-0.39, 0.29) is 5.41 Å². The van der Waals surface area contributed by atoms with Crippen molar-refractivity contribution < 1.29 is 9.94 Å². The van der Waals surface area contributed by atoms with Crippen LogP contribution in [0.5, 0.6) is 0 Å². The van der Waals surface area contributed by atoms with Crippen molar-refractivity contribution in [2.45, 2.75) is 91.6 Å². The molecule has 0 aromatic carbocycles. The molecule has 4 heteroatoms. The first-order chi connectivity index (χ1) is 14.2. The van der Waals surface area contributed by atoms with Crippen molar-refractivity contribution in [1.82, 2.24) is 4.90 Å². The summed E-state index contributed by atoms with van der Waals surface area (Å²) in [5, 5.41) is 15.6. The van der Waals surface area contributed by atoms with Gasteiger partial charge in [-0.2, -0.15) is 0 Å². The largest absolute Gasteiger partial charge is 0.394 e. The first kappa shape index (κ1) is 22.3. The van der Waals surface area contributed by atoms with Gasteiger partial charge in [-0.25, -0.2) is 0 Å². The molecule has 4 aliphatic carbocycles. The molecule has 4 nitrogen and oxygen atoms in total. The number of hydrogen-bond acceptors (Lipinski definition) is 4. The van der Waals surface area contributed by atoms with Crippen LogP contribution in [-0.4, -0.2) is 47.6 Å². The third-order valence-electron chi connectivity index (χ3n) is 10.1. The molecule has 0 aliphatic heterocycles. The third kappa shape index (κ3) is 3.56. The molecule has 0 spiro atoms. The van der Waals surface area contributed by atoms with Gasteiger partial charge in [-0.1, -0.05) is 38.4 Å².